The minimum atomic E-state index is -2.60. The lowest BCUT2D eigenvalue weighted by Crippen LogP contribution is -2.21. The molecule has 1 aliphatic heterocycles. The number of allylic oxidation sites excluding steroid dienone is 1. The Kier molecular flexibility index (Phi) is 5.16. The summed E-state index contributed by atoms with van der Waals surface area (Å²) in [6.07, 6.45) is -2.60. The highest BCUT2D eigenvalue weighted by Gasteiger charge is 2.34. The Morgan fingerprint density at radius 2 is 2.15 bits per heavy atom. The first-order valence-corrected chi connectivity index (χ1v) is 8.26. The molecule has 1 aromatic heterocycles. The van der Waals surface area contributed by atoms with E-state index in [1.165, 1.54) is 0 Å². The fraction of sp³-hybridized carbons (Fsp3) is 0.333. The van der Waals surface area contributed by atoms with E-state index in [0.717, 1.165) is 5.69 Å². The number of rotatable bonds is 6. The Labute approximate surface area is 154 Å². The number of hydrogen-bond acceptors (Lipinski definition) is 6. The van der Waals surface area contributed by atoms with Gasteiger partial charge in [-0.05, 0) is 31.5 Å². The number of benzene rings is 1. The molecular formula is C18H18F2N4O3. The van der Waals surface area contributed by atoms with Gasteiger partial charge < -0.3 is 19.9 Å². The molecule has 0 spiro atoms. The van der Waals surface area contributed by atoms with Crippen molar-refractivity contribution in [2.24, 2.45) is 5.73 Å². The van der Waals surface area contributed by atoms with Gasteiger partial charge in [0.1, 0.15) is 18.2 Å². The summed E-state index contributed by atoms with van der Waals surface area (Å²) in [5.41, 5.74) is 8.21. The second kappa shape index (κ2) is 7.53. The molecule has 0 saturated heterocycles. The van der Waals surface area contributed by atoms with Gasteiger partial charge in [-0.3, -0.25) is 5.10 Å². The van der Waals surface area contributed by atoms with Crippen LogP contribution in [-0.4, -0.2) is 29.8 Å². The number of H-pyrrole nitrogens is 1. The molecule has 0 aliphatic carbocycles. The monoisotopic (exact) mass is 376 g/mol. The van der Waals surface area contributed by atoms with E-state index in [1.807, 2.05) is 6.92 Å². The van der Waals surface area contributed by atoms with Crippen molar-refractivity contribution >= 4 is 0 Å². The smallest absolute Gasteiger partial charge is 0.272 e. The number of hydrogen-bond donors (Lipinski definition) is 2. The summed E-state index contributed by atoms with van der Waals surface area (Å²) < 4.78 is 41.0. The first-order valence-electron chi connectivity index (χ1n) is 8.26. The van der Waals surface area contributed by atoms with Gasteiger partial charge in [-0.15, -0.1) is 5.10 Å². The number of ether oxygens (including phenoxy) is 3. The second-order valence-corrected chi connectivity index (χ2v) is 5.83. The van der Waals surface area contributed by atoms with Crippen molar-refractivity contribution in [1.29, 1.82) is 5.26 Å². The lowest BCUT2D eigenvalue weighted by molar-refractivity contribution is 0.0800. The van der Waals surface area contributed by atoms with Crippen molar-refractivity contribution in [2.75, 3.05) is 13.2 Å². The standard InChI is InChI=1S/C18H18F2N4O3/c1-3-25-13-6-10(4-5-12(13)26-8-14(19)20)16-11(7-21)17(22)27-18-15(16)9(2)23-24-18/h4-6,14,16H,3,8,22H2,1-2H3,(H,23,24). The van der Waals surface area contributed by atoms with Crippen LogP contribution in [0, 0.1) is 18.3 Å². The predicted molar refractivity (Wildman–Crippen MR) is 91.7 cm³/mol. The molecule has 2 aromatic rings. The number of aromatic amines is 1. The zero-order valence-electron chi connectivity index (χ0n) is 14.8. The summed E-state index contributed by atoms with van der Waals surface area (Å²) >= 11 is 0. The Hall–Kier alpha value is -3.28. The third-order valence-corrected chi connectivity index (χ3v) is 4.10. The van der Waals surface area contributed by atoms with Crippen LogP contribution in [0.4, 0.5) is 8.78 Å². The van der Waals surface area contributed by atoms with Crippen LogP contribution in [0.15, 0.2) is 29.7 Å². The van der Waals surface area contributed by atoms with Crippen LogP contribution in [0.3, 0.4) is 0 Å². The van der Waals surface area contributed by atoms with E-state index >= 15 is 0 Å². The maximum atomic E-state index is 12.5. The van der Waals surface area contributed by atoms with Crippen molar-refractivity contribution < 1.29 is 23.0 Å². The van der Waals surface area contributed by atoms with Crippen LogP contribution >= 0.6 is 0 Å². The number of aryl methyl sites for hydroxylation is 1. The minimum absolute atomic E-state index is 0.0301. The first-order chi connectivity index (χ1) is 13.0. The van der Waals surface area contributed by atoms with Crippen molar-refractivity contribution in [3.63, 3.8) is 0 Å². The molecular weight excluding hydrogens is 358 g/mol. The molecule has 142 valence electrons. The molecule has 2 heterocycles. The van der Waals surface area contributed by atoms with Gasteiger partial charge >= 0.3 is 0 Å². The fourth-order valence-electron chi connectivity index (χ4n) is 2.98. The maximum Gasteiger partial charge on any atom is 0.272 e. The van der Waals surface area contributed by atoms with Crippen molar-refractivity contribution in [2.45, 2.75) is 26.2 Å². The van der Waals surface area contributed by atoms with Gasteiger partial charge in [0.2, 0.25) is 11.8 Å². The predicted octanol–water partition coefficient (Wildman–Crippen LogP) is 2.98. The van der Waals surface area contributed by atoms with E-state index in [-0.39, 0.29) is 17.2 Å². The highest BCUT2D eigenvalue weighted by molar-refractivity contribution is 5.57. The van der Waals surface area contributed by atoms with Crippen LogP contribution < -0.4 is 19.9 Å². The summed E-state index contributed by atoms with van der Waals surface area (Å²) in [5, 5.41) is 16.5. The number of nitrogens with zero attached hydrogens (tertiary/aromatic N) is 2. The number of nitrogens with two attached hydrogens (primary N) is 1. The van der Waals surface area contributed by atoms with Crippen molar-refractivity contribution in [3.05, 3.63) is 46.5 Å². The normalized spacial score (nSPS) is 15.9. The number of nitrogens with one attached hydrogen (secondary N) is 1. The fourth-order valence-corrected chi connectivity index (χ4v) is 2.98. The van der Waals surface area contributed by atoms with Crippen LogP contribution in [-0.2, 0) is 0 Å². The van der Waals surface area contributed by atoms with Crippen LogP contribution in [0.1, 0.15) is 29.7 Å². The quantitative estimate of drug-likeness (QED) is 0.803. The van der Waals surface area contributed by atoms with Crippen molar-refractivity contribution in [1.82, 2.24) is 10.2 Å². The van der Waals surface area contributed by atoms with E-state index < -0.39 is 19.0 Å². The Morgan fingerprint density at radius 1 is 1.37 bits per heavy atom. The highest BCUT2D eigenvalue weighted by atomic mass is 19.3. The lowest BCUT2D eigenvalue weighted by atomic mass is 9.84. The average Bonchev–Trinajstić information content (AvgIpc) is 3.00. The molecule has 1 aliphatic rings. The number of aromatic nitrogens is 2. The molecule has 3 N–H and O–H groups in total. The van der Waals surface area contributed by atoms with Gasteiger partial charge in [0, 0.05) is 11.3 Å². The van der Waals surface area contributed by atoms with Crippen LogP contribution in [0.5, 0.6) is 17.4 Å². The van der Waals surface area contributed by atoms with Gasteiger partial charge in [-0.25, -0.2) is 8.78 Å². The maximum absolute atomic E-state index is 12.5. The molecule has 3 rings (SSSR count). The van der Waals surface area contributed by atoms with Crippen molar-refractivity contribution in [3.8, 4) is 23.4 Å². The molecule has 7 nitrogen and oxygen atoms in total. The van der Waals surface area contributed by atoms with Crippen LogP contribution in [0.2, 0.25) is 0 Å². The highest BCUT2D eigenvalue weighted by Crippen LogP contribution is 2.44. The molecule has 27 heavy (non-hydrogen) atoms. The van der Waals surface area contributed by atoms with Gasteiger partial charge in [-0.1, -0.05) is 6.07 Å². The summed E-state index contributed by atoms with van der Waals surface area (Å²) in [6, 6.07) is 6.96. The number of nitriles is 1. The largest absolute Gasteiger partial charge is 0.490 e. The molecule has 0 saturated carbocycles. The summed E-state index contributed by atoms with van der Waals surface area (Å²) in [6.45, 7) is 3.16. The Bertz CT molecular complexity index is 918. The summed E-state index contributed by atoms with van der Waals surface area (Å²) in [5.74, 6) is 0.247. The van der Waals surface area contributed by atoms with Gasteiger partial charge in [0.05, 0.1) is 12.5 Å². The first kappa shape index (κ1) is 18.5. The van der Waals surface area contributed by atoms with Crippen LogP contribution in [0.25, 0.3) is 0 Å². The zero-order valence-corrected chi connectivity index (χ0v) is 14.8. The second-order valence-electron chi connectivity index (χ2n) is 5.83. The Balaban J connectivity index is 2.08. The third-order valence-electron chi connectivity index (χ3n) is 4.10. The van der Waals surface area contributed by atoms with E-state index in [9.17, 15) is 14.0 Å². The molecule has 9 heteroatoms. The molecule has 1 atom stereocenters. The van der Waals surface area contributed by atoms with E-state index in [2.05, 4.69) is 16.3 Å². The molecule has 0 radical (unpaired) electrons. The van der Waals surface area contributed by atoms with E-state index in [0.29, 0.717) is 29.4 Å². The Morgan fingerprint density at radius 3 is 2.81 bits per heavy atom. The molecule has 1 aromatic carbocycles. The van der Waals surface area contributed by atoms with Gasteiger partial charge in [0.25, 0.3) is 6.43 Å². The van der Waals surface area contributed by atoms with Gasteiger partial charge in [0.15, 0.2) is 11.5 Å². The number of alkyl halides is 2. The topological polar surface area (TPSA) is 106 Å². The number of fused-ring (bicyclic) bond motifs is 1. The summed E-state index contributed by atoms with van der Waals surface area (Å²) in [4.78, 5) is 0. The van der Waals surface area contributed by atoms with E-state index in [4.69, 9.17) is 19.9 Å². The number of halogens is 2. The molecule has 0 fully saturated rings. The minimum Gasteiger partial charge on any atom is -0.490 e. The zero-order chi connectivity index (χ0) is 19.6. The molecule has 0 bridgehead atoms. The average molecular weight is 376 g/mol. The molecule has 1 unspecified atom stereocenters. The SMILES string of the molecule is CCOc1cc(C2C(C#N)=C(N)Oc3n[nH]c(C)c32)ccc1OCC(F)F. The molecule has 0 amide bonds. The van der Waals surface area contributed by atoms with Gasteiger partial charge in [-0.2, -0.15) is 5.26 Å². The van der Waals surface area contributed by atoms with E-state index in [1.54, 1.807) is 25.1 Å². The third kappa shape index (κ3) is 3.51. The summed E-state index contributed by atoms with van der Waals surface area (Å²) in [7, 11) is 0. The lowest BCUT2D eigenvalue weighted by Gasteiger charge is -2.24.